The minimum atomic E-state index is -0.134. The van der Waals surface area contributed by atoms with Crippen LogP contribution in [0.4, 0.5) is 5.82 Å². The lowest BCUT2D eigenvalue weighted by atomic mass is 9.93. The van der Waals surface area contributed by atoms with Crippen LogP contribution >= 0.6 is 0 Å². The number of hydrogen-bond donors (Lipinski definition) is 0. The largest absolute Gasteiger partial charge is 0.285 e. The summed E-state index contributed by atoms with van der Waals surface area (Å²) in [4.78, 5) is 19.5. The number of rotatable bonds is 5. The van der Waals surface area contributed by atoms with Crippen molar-refractivity contribution in [1.82, 2.24) is 14.8 Å². The first kappa shape index (κ1) is 16.5. The fourth-order valence-corrected chi connectivity index (χ4v) is 3.29. The third kappa shape index (κ3) is 3.12. The number of nitrogens with zero attached hydrogens (tertiary/aromatic N) is 4. The lowest BCUT2D eigenvalue weighted by molar-refractivity contribution is 0.0977. The molecule has 1 amide bonds. The highest BCUT2D eigenvalue weighted by Crippen LogP contribution is 2.32. The van der Waals surface area contributed by atoms with E-state index >= 15 is 0 Å². The van der Waals surface area contributed by atoms with Gasteiger partial charge in [-0.2, -0.15) is 5.10 Å². The Morgan fingerprint density at radius 2 is 1.92 bits per heavy atom. The highest BCUT2D eigenvalue weighted by atomic mass is 16.2. The van der Waals surface area contributed by atoms with Gasteiger partial charge < -0.3 is 0 Å². The molecule has 5 nitrogen and oxygen atoms in total. The van der Waals surface area contributed by atoms with E-state index in [4.69, 9.17) is 0 Å². The molecule has 1 aliphatic carbocycles. The summed E-state index contributed by atoms with van der Waals surface area (Å²) >= 11 is 0. The van der Waals surface area contributed by atoms with Gasteiger partial charge in [-0.1, -0.05) is 36.4 Å². The van der Waals surface area contributed by atoms with Crippen molar-refractivity contribution in [3.05, 3.63) is 78.2 Å². The first-order chi connectivity index (χ1) is 12.7. The fourth-order valence-electron chi connectivity index (χ4n) is 3.29. The molecular formula is C21H22N4O. The Morgan fingerprint density at radius 1 is 1.15 bits per heavy atom. The average molecular weight is 346 g/mol. The number of carbonyl (C=O) groups excluding carboxylic acids is 1. The quantitative estimate of drug-likeness (QED) is 0.687. The van der Waals surface area contributed by atoms with Gasteiger partial charge in [0.25, 0.3) is 5.91 Å². The summed E-state index contributed by atoms with van der Waals surface area (Å²) in [5, 5.41) is 4.42. The molecule has 1 unspecified atom stereocenters. The van der Waals surface area contributed by atoms with Gasteiger partial charge in [-0.15, -0.1) is 0 Å². The van der Waals surface area contributed by atoms with Crippen molar-refractivity contribution in [3.8, 4) is 0 Å². The van der Waals surface area contributed by atoms with E-state index < -0.39 is 0 Å². The molecule has 1 aromatic carbocycles. The molecule has 0 saturated heterocycles. The third-order valence-electron chi connectivity index (χ3n) is 5.08. The third-order valence-corrected chi connectivity index (χ3v) is 5.08. The zero-order chi connectivity index (χ0) is 17.9. The standard InChI is InChI=1S/C21H22N4O/c1-16(17-8-3-2-4-9-17)25(20-12-5-6-13-22-20)21(26)18-14-23-24(15-18)19-10-7-11-19/h2-6,8-9,12-16,19H,7,10-11H2,1H3. The van der Waals surface area contributed by atoms with Gasteiger partial charge in [0.15, 0.2) is 0 Å². The van der Waals surface area contributed by atoms with Crippen LogP contribution in [0.5, 0.6) is 0 Å². The second-order valence-corrected chi connectivity index (χ2v) is 6.74. The van der Waals surface area contributed by atoms with Crippen LogP contribution in [0, 0.1) is 0 Å². The molecule has 0 N–H and O–H groups in total. The lowest BCUT2D eigenvalue weighted by Gasteiger charge is -2.28. The van der Waals surface area contributed by atoms with E-state index in [1.54, 1.807) is 17.3 Å². The molecule has 0 radical (unpaired) electrons. The Bertz CT molecular complexity index is 871. The number of aromatic nitrogens is 3. The molecule has 2 aromatic heterocycles. The van der Waals surface area contributed by atoms with E-state index in [0.717, 1.165) is 18.4 Å². The predicted molar refractivity (Wildman–Crippen MR) is 101 cm³/mol. The fraction of sp³-hybridized carbons (Fsp3) is 0.286. The monoisotopic (exact) mass is 346 g/mol. The van der Waals surface area contributed by atoms with Crippen molar-refractivity contribution in [2.24, 2.45) is 0 Å². The number of benzene rings is 1. The molecule has 1 saturated carbocycles. The van der Waals surface area contributed by atoms with Crippen LogP contribution in [0.15, 0.2) is 67.1 Å². The number of hydrogen-bond acceptors (Lipinski definition) is 3. The summed E-state index contributed by atoms with van der Waals surface area (Å²) in [6.45, 7) is 2.03. The van der Waals surface area contributed by atoms with E-state index in [0.29, 0.717) is 17.4 Å². The van der Waals surface area contributed by atoms with Crippen molar-refractivity contribution in [3.63, 3.8) is 0 Å². The molecule has 4 rings (SSSR count). The first-order valence-electron chi connectivity index (χ1n) is 9.08. The number of pyridine rings is 1. The molecule has 1 aliphatic rings. The van der Waals surface area contributed by atoms with Crippen LogP contribution in [0.2, 0.25) is 0 Å². The number of carbonyl (C=O) groups is 1. The van der Waals surface area contributed by atoms with Gasteiger partial charge in [-0.05, 0) is 43.9 Å². The van der Waals surface area contributed by atoms with E-state index in [1.165, 1.54) is 6.42 Å². The zero-order valence-corrected chi connectivity index (χ0v) is 14.8. The van der Waals surface area contributed by atoms with Gasteiger partial charge in [-0.25, -0.2) is 4.98 Å². The Morgan fingerprint density at radius 3 is 2.58 bits per heavy atom. The molecular weight excluding hydrogens is 324 g/mol. The van der Waals surface area contributed by atoms with E-state index in [-0.39, 0.29) is 11.9 Å². The molecule has 26 heavy (non-hydrogen) atoms. The van der Waals surface area contributed by atoms with Crippen molar-refractivity contribution in [1.29, 1.82) is 0 Å². The van der Waals surface area contributed by atoms with Crippen LogP contribution < -0.4 is 4.90 Å². The summed E-state index contributed by atoms with van der Waals surface area (Å²) in [7, 11) is 0. The summed E-state index contributed by atoms with van der Waals surface area (Å²) in [6.07, 6.45) is 8.78. The highest BCUT2D eigenvalue weighted by molar-refractivity contribution is 6.05. The van der Waals surface area contributed by atoms with Crippen LogP contribution in [-0.2, 0) is 0 Å². The molecule has 1 fully saturated rings. The number of anilines is 1. The molecule has 0 spiro atoms. The Hall–Kier alpha value is -2.95. The first-order valence-corrected chi connectivity index (χ1v) is 9.08. The maximum absolute atomic E-state index is 13.3. The second kappa shape index (κ2) is 7.12. The Kier molecular flexibility index (Phi) is 4.52. The Balaban J connectivity index is 1.68. The number of amides is 1. The van der Waals surface area contributed by atoms with Gasteiger partial charge in [0.05, 0.1) is 23.8 Å². The molecule has 2 heterocycles. The van der Waals surface area contributed by atoms with E-state index in [1.807, 2.05) is 66.3 Å². The SMILES string of the molecule is CC(c1ccccc1)N(C(=O)c1cnn(C2CCC2)c1)c1ccccn1. The maximum atomic E-state index is 13.3. The molecule has 132 valence electrons. The van der Waals surface area contributed by atoms with E-state index in [9.17, 15) is 4.79 Å². The summed E-state index contributed by atoms with van der Waals surface area (Å²) in [5.74, 6) is 0.566. The van der Waals surface area contributed by atoms with Gasteiger partial charge >= 0.3 is 0 Å². The smallest absolute Gasteiger partial charge is 0.263 e. The topological polar surface area (TPSA) is 51.0 Å². The molecule has 1 atom stereocenters. The van der Waals surface area contributed by atoms with Crippen molar-refractivity contribution < 1.29 is 4.79 Å². The normalized spacial score (nSPS) is 15.3. The van der Waals surface area contributed by atoms with E-state index in [2.05, 4.69) is 10.1 Å². The van der Waals surface area contributed by atoms with Crippen LogP contribution in [0.25, 0.3) is 0 Å². The summed E-state index contributed by atoms with van der Waals surface area (Å²) in [6, 6.07) is 15.9. The minimum absolute atomic E-state index is 0.0781. The molecule has 0 aliphatic heterocycles. The van der Waals surface area contributed by atoms with Gasteiger partial charge in [0.1, 0.15) is 5.82 Å². The summed E-state index contributed by atoms with van der Waals surface area (Å²) in [5.41, 5.74) is 1.67. The predicted octanol–water partition coefficient (Wildman–Crippen LogP) is 4.41. The Labute approximate surface area is 153 Å². The molecule has 3 aromatic rings. The molecule has 0 bridgehead atoms. The zero-order valence-electron chi connectivity index (χ0n) is 14.8. The van der Waals surface area contributed by atoms with Crippen molar-refractivity contribution in [2.75, 3.05) is 4.90 Å². The average Bonchev–Trinajstić information content (AvgIpc) is 3.11. The van der Waals surface area contributed by atoms with Gasteiger partial charge in [-0.3, -0.25) is 14.4 Å². The van der Waals surface area contributed by atoms with Crippen molar-refractivity contribution in [2.45, 2.75) is 38.3 Å². The van der Waals surface area contributed by atoms with Gasteiger partial charge in [0.2, 0.25) is 0 Å². The van der Waals surface area contributed by atoms with Crippen LogP contribution in [0.1, 0.15) is 54.2 Å². The van der Waals surface area contributed by atoms with Crippen LogP contribution in [-0.4, -0.2) is 20.7 Å². The second-order valence-electron chi connectivity index (χ2n) is 6.74. The van der Waals surface area contributed by atoms with Crippen LogP contribution in [0.3, 0.4) is 0 Å². The lowest BCUT2D eigenvalue weighted by Crippen LogP contribution is -2.34. The maximum Gasteiger partial charge on any atom is 0.263 e. The minimum Gasteiger partial charge on any atom is -0.285 e. The van der Waals surface area contributed by atoms with Crippen molar-refractivity contribution >= 4 is 11.7 Å². The molecule has 5 heteroatoms. The summed E-state index contributed by atoms with van der Waals surface area (Å²) < 4.78 is 1.93. The highest BCUT2D eigenvalue weighted by Gasteiger charge is 2.28. The van der Waals surface area contributed by atoms with Gasteiger partial charge in [0, 0.05) is 12.4 Å².